The van der Waals surface area contributed by atoms with Gasteiger partial charge < -0.3 is 10.1 Å². The van der Waals surface area contributed by atoms with Crippen molar-refractivity contribution in [2.75, 3.05) is 19.8 Å². The normalized spacial score (nSPS) is 10.6. The third-order valence-corrected chi connectivity index (χ3v) is 2.27. The van der Waals surface area contributed by atoms with Crippen LogP contribution in [0.2, 0.25) is 0 Å². The van der Waals surface area contributed by atoms with E-state index in [9.17, 15) is 0 Å². The summed E-state index contributed by atoms with van der Waals surface area (Å²) in [4.78, 5) is 4.33. The minimum atomic E-state index is 0.841. The Morgan fingerprint density at radius 3 is 2.88 bits per heavy atom. The van der Waals surface area contributed by atoms with Gasteiger partial charge in [-0.15, -0.1) is 0 Å². The first kappa shape index (κ1) is 13.1. The molecule has 90 valence electrons. The van der Waals surface area contributed by atoms with E-state index >= 15 is 0 Å². The van der Waals surface area contributed by atoms with Crippen LogP contribution in [0.3, 0.4) is 0 Å². The molecular formula is C13H22N2O. The molecule has 0 amide bonds. The summed E-state index contributed by atoms with van der Waals surface area (Å²) in [6, 6.07) is 4.16. The van der Waals surface area contributed by atoms with Crippen molar-refractivity contribution in [1.82, 2.24) is 10.3 Å². The van der Waals surface area contributed by atoms with E-state index in [0.29, 0.717) is 0 Å². The lowest BCUT2D eigenvalue weighted by Crippen LogP contribution is -2.17. The van der Waals surface area contributed by atoms with Gasteiger partial charge in [0, 0.05) is 26.0 Å². The van der Waals surface area contributed by atoms with E-state index in [1.807, 2.05) is 6.20 Å². The van der Waals surface area contributed by atoms with Crippen molar-refractivity contribution in [3.63, 3.8) is 0 Å². The molecule has 0 atom stereocenters. The Labute approximate surface area is 98.2 Å². The number of hydrogen-bond acceptors (Lipinski definition) is 3. The Hall–Kier alpha value is -0.930. The maximum atomic E-state index is 5.40. The topological polar surface area (TPSA) is 34.1 Å². The van der Waals surface area contributed by atoms with E-state index in [4.69, 9.17) is 4.74 Å². The van der Waals surface area contributed by atoms with Crippen molar-refractivity contribution in [2.24, 2.45) is 0 Å². The zero-order valence-electron chi connectivity index (χ0n) is 10.3. The van der Waals surface area contributed by atoms with Crippen LogP contribution in [0.1, 0.15) is 31.0 Å². The smallest absolute Gasteiger partial charge is 0.0541 e. The molecule has 0 aliphatic rings. The van der Waals surface area contributed by atoms with Gasteiger partial charge in [-0.2, -0.15) is 0 Å². The first-order valence-electron chi connectivity index (χ1n) is 6.03. The molecule has 0 radical (unpaired) electrons. The predicted octanol–water partition coefficient (Wildman–Crippen LogP) is 2.30. The number of hydrogen-bond donors (Lipinski definition) is 1. The molecule has 1 N–H and O–H groups in total. The third kappa shape index (κ3) is 5.83. The Morgan fingerprint density at radius 2 is 2.19 bits per heavy atom. The average Bonchev–Trinajstić information content (AvgIpc) is 2.30. The fraction of sp³-hybridized carbons (Fsp3) is 0.615. The second-order valence-corrected chi connectivity index (χ2v) is 3.97. The standard InChI is InChI=1S/C13H22N2O/c1-3-8-16-9-4-7-14-11-13-6-5-12(2)10-15-13/h5-6,10,14H,3-4,7-9,11H2,1-2H3. The molecule has 16 heavy (non-hydrogen) atoms. The molecule has 1 heterocycles. The zero-order valence-corrected chi connectivity index (χ0v) is 10.3. The zero-order chi connectivity index (χ0) is 11.6. The van der Waals surface area contributed by atoms with Gasteiger partial charge >= 0.3 is 0 Å². The van der Waals surface area contributed by atoms with E-state index in [2.05, 4.69) is 36.3 Å². The first-order valence-corrected chi connectivity index (χ1v) is 6.03. The highest BCUT2D eigenvalue weighted by atomic mass is 16.5. The van der Waals surface area contributed by atoms with Gasteiger partial charge in [-0.25, -0.2) is 0 Å². The highest BCUT2D eigenvalue weighted by Crippen LogP contribution is 1.97. The van der Waals surface area contributed by atoms with Crippen LogP contribution in [-0.2, 0) is 11.3 Å². The maximum Gasteiger partial charge on any atom is 0.0541 e. The predicted molar refractivity (Wildman–Crippen MR) is 66.4 cm³/mol. The van der Waals surface area contributed by atoms with Crippen LogP contribution in [0.15, 0.2) is 18.3 Å². The van der Waals surface area contributed by atoms with E-state index < -0.39 is 0 Å². The summed E-state index contributed by atoms with van der Waals surface area (Å²) in [6.07, 6.45) is 4.06. The molecule has 3 heteroatoms. The Morgan fingerprint density at radius 1 is 1.31 bits per heavy atom. The van der Waals surface area contributed by atoms with Crippen LogP contribution < -0.4 is 5.32 Å². The van der Waals surface area contributed by atoms with E-state index in [0.717, 1.165) is 44.8 Å². The second kappa shape index (κ2) is 8.25. The molecule has 0 saturated heterocycles. The third-order valence-electron chi connectivity index (χ3n) is 2.27. The fourth-order valence-corrected chi connectivity index (χ4v) is 1.37. The largest absolute Gasteiger partial charge is 0.381 e. The molecule has 0 spiro atoms. The summed E-state index contributed by atoms with van der Waals surface area (Å²) >= 11 is 0. The lowest BCUT2D eigenvalue weighted by atomic mass is 10.3. The minimum absolute atomic E-state index is 0.841. The number of pyridine rings is 1. The molecule has 0 aliphatic heterocycles. The number of rotatable bonds is 8. The number of nitrogens with zero attached hydrogens (tertiary/aromatic N) is 1. The van der Waals surface area contributed by atoms with Gasteiger partial charge in [0.15, 0.2) is 0 Å². The molecular weight excluding hydrogens is 200 g/mol. The van der Waals surface area contributed by atoms with Gasteiger partial charge in [0.1, 0.15) is 0 Å². The Balaban J connectivity index is 2.01. The number of nitrogens with one attached hydrogen (secondary N) is 1. The molecule has 0 fully saturated rings. The maximum absolute atomic E-state index is 5.40. The van der Waals surface area contributed by atoms with Crippen molar-refractivity contribution in [3.05, 3.63) is 29.6 Å². The molecule has 1 aromatic heterocycles. The molecule has 0 saturated carbocycles. The lowest BCUT2D eigenvalue weighted by molar-refractivity contribution is 0.132. The summed E-state index contributed by atoms with van der Waals surface area (Å²) < 4.78 is 5.40. The van der Waals surface area contributed by atoms with Crippen molar-refractivity contribution >= 4 is 0 Å². The van der Waals surface area contributed by atoms with E-state index in [-0.39, 0.29) is 0 Å². The van der Waals surface area contributed by atoms with Crippen molar-refractivity contribution in [1.29, 1.82) is 0 Å². The van der Waals surface area contributed by atoms with Crippen LogP contribution in [0.4, 0.5) is 0 Å². The van der Waals surface area contributed by atoms with Gasteiger partial charge in [-0.1, -0.05) is 13.0 Å². The molecule has 0 unspecified atom stereocenters. The number of aryl methyl sites for hydroxylation is 1. The van der Waals surface area contributed by atoms with Gasteiger partial charge in [0.2, 0.25) is 0 Å². The molecule has 1 rings (SSSR count). The Kier molecular flexibility index (Phi) is 6.77. The van der Waals surface area contributed by atoms with Gasteiger partial charge in [0.25, 0.3) is 0 Å². The number of aromatic nitrogens is 1. The van der Waals surface area contributed by atoms with Crippen LogP contribution in [0.5, 0.6) is 0 Å². The summed E-state index contributed by atoms with van der Waals surface area (Å²) in [7, 11) is 0. The molecule has 1 aromatic rings. The summed E-state index contributed by atoms with van der Waals surface area (Å²) in [5, 5.41) is 3.36. The fourth-order valence-electron chi connectivity index (χ4n) is 1.37. The van der Waals surface area contributed by atoms with Crippen LogP contribution in [0.25, 0.3) is 0 Å². The quantitative estimate of drug-likeness (QED) is 0.685. The molecule has 0 aliphatic carbocycles. The highest BCUT2D eigenvalue weighted by Gasteiger charge is 1.93. The molecule has 3 nitrogen and oxygen atoms in total. The summed E-state index contributed by atoms with van der Waals surface area (Å²) in [5.74, 6) is 0. The minimum Gasteiger partial charge on any atom is -0.381 e. The monoisotopic (exact) mass is 222 g/mol. The van der Waals surface area contributed by atoms with Crippen molar-refractivity contribution < 1.29 is 4.74 Å². The van der Waals surface area contributed by atoms with Gasteiger partial charge in [-0.05, 0) is 37.9 Å². The van der Waals surface area contributed by atoms with Crippen molar-refractivity contribution in [3.8, 4) is 0 Å². The average molecular weight is 222 g/mol. The second-order valence-electron chi connectivity index (χ2n) is 3.97. The van der Waals surface area contributed by atoms with Crippen LogP contribution >= 0.6 is 0 Å². The van der Waals surface area contributed by atoms with Gasteiger partial charge in [-0.3, -0.25) is 4.98 Å². The number of ether oxygens (including phenoxy) is 1. The van der Waals surface area contributed by atoms with Crippen LogP contribution in [0, 0.1) is 6.92 Å². The summed E-state index contributed by atoms with van der Waals surface area (Å²) in [6.45, 7) is 7.73. The molecule has 0 aromatic carbocycles. The SMILES string of the molecule is CCCOCCCNCc1ccc(C)cn1. The van der Waals surface area contributed by atoms with Crippen LogP contribution in [-0.4, -0.2) is 24.7 Å². The Bertz CT molecular complexity index is 272. The summed E-state index contributed by atoms with van der Waals surface area (Å²) in [5.41, 5.74) is 2.30. The first-order chi connectivity index (χ1) is 7.83. The highest BCUT2D eigenvalue weighted by molar-refractivity contribution is 5.11. The van der Waals surface area contributed by atoms with Crippen molar-refractivity contribution in [2.45, 2.75) is 33.2 Å². The molecule has 0 bridgehead atoms. The lowest BCUT2D eigenvalue weighted by Gasteiger charge is -2.05. The van der Waals surface area contributed by atoms with Gasteiger partial charge in [0.05, 0.1) is 5.69 Å². The van der Waals surface area contributed by atoms with E-state index in [1.54, 1.807) is 0 Å². The van der Waals surface area contributed by atoms with E-state index in [1.165, 1.54) is 5.56 Å².